The first-order valence-electron chi connectivity index (χ1n) is 6.14. The molecule has 0 saturated carbocycles. The number of H-pyrrole nitrogens is 1. The number of imidazole rings is 1. The van der Waals surface area contributed by atoms with Gasteiger partial charge in [0.05, 0.1) is 17.9 Å². The minimum absolute atomic E-state index is 0.0187. The van der Waals surface area contributed by atoms with Crippen LogP contribution in [-0.2, 0) is 6.42 Å². The summed E-state index contributed by atoms with van der Waals surface area (Å²) >= 11 is 0. The highest BCUT2D eigenvalue weighted by atomic mass is 16.3. The monoisotopic (exact) mass is 244 g/mol. The highest BCUT2D eigenvalue weighted by Crippen LogP contribution is 2.38. The van der Waals surface area contributed by atoms with E-state index in [1.165, 1.54) is 0 Å². The van der Waals surface area contributed by atoms with Crippen molar-refractivity contribution in [2.75, 3.05) is 5.73 Å². The molecule has 2 unspecified atom stereocenters. The van der Waals surface area contributed by atoms with Crippen molar-refractivity contribution in [3.8, 4) is 0 Å². The lowest BCUT2D eigenvalue weighted by Crippen LogP contribution is -2.22. The Hall–Kier alpha value is -1.88. The Morgan fingerprint density at radius 2 is 2.44 bits per heavy atom. The van der Waals surface area contributed by atoms with Crippen molar-refractivity contribution in [1.29, 1.82) is 0 Å². The van der Waals surface area contributed by atoms with Gasteiger partial charge in [-0.1, -0.05) is 6.08 Å². The van der Waals surface area contributed by atoms with Gasteiger partial charge in [-0.05, 0) is 19.3 Å². The Bertz CT molecular complexity index is 604. The van der Waals surface area contributed by atoms with Crippen molar-refractivity contribution >= 4 is 16.9 Å². The fourth-order valence-electron chi connectivity index (χ4n) is 2.81. The molecule has 0 radical (unpaired) electrons. The van der Waals surface area contributed by atoms with E-state index >= 15 is 0 Å². The number of nitrogens with zero attached hydrogens (tertiary/aromatic N) is 2. The van der Waals surface area contributed by atoms with Crippen molar-refractivity contribution < 1.29 is 5.11 Å². The maximum atomic E-state index is 10.1. The second kappa shape index (κ2) is 4.10. The van der Waals surface area contributed by atoms with E-state index in [0.29, 0.717) is 5.82 Å². The average molecular weight is 244 g/mol. The van der Waals surface area contributed by atoms with Crippen LogP contribution >= 0.6 is 0 Å². The molecule has 0 bridgehead atoms. The predicted octanol–water partition coefficient (Wildman–Crippen LogP) is 1.51. The van der Waals surface area contributed by atoms with E-state index in [9.17, 15) is 5.11 Å². The fraction of sp³-hybridized carbons (Fsp3) is 0.385. The summed E-state index contributed by atoms with van der Waals surface area (Å²) in [6.07, 6.45) is 5.46. The van der Waals surface area contributed by atoms with Crippen molar-refractivity contribution in [3.63, 3.8) is 0 Å². The third kappa shape index (κ3) is 1.51. The zero-order chi connectivity index (χ0) is 12.7. The van der Waals surface area contributed by atoms with Crippen LogP contribution in [0.1, 0.15) is 30.0 Å². The van der Waals surface area contributed by atoms with Crippen LogP contribution in [0.25, 0.3) is 11.0 Å². The molecule has 18 heavy (non-hydrogen) atoms. The van der Waals surface area contributed by atoms with Gasteiger partial charge in [0.1, 0.15) is 11.3 Å². The predicted molar refractivity (Wildman–Crippen MR) is 70.2 cm³/mol. The number of nitrogens with two attached hydrogens (primary N) is 1. The zero-order valence-electron chi connectivity index (χ0n) is 10.1. The molecule has 1 aliphatic rings. The summed E-state index contributed by atoms with van der Waals surface area (Å²) in [6.45, 7) is 3.67. The molecular formula is C13H16N4O. The Labute approximate surface area is 105 Å². The van der Waals surface area contributed by atoms with E-state index in [-0.39, 0.29) is 5.92 Å². The van der Waals surface area contributed by atoms with Crippen LogP contribution in [-0.4, -0.2) is 26.2 Å². The Morgan fingerprint density at radius 1 is 1.61 bits per heavy atom. The maximum absolute atomic E-state index is 10.1. The van der Waals surface area contributed by atoms with Gasteiger partial charge in [0.2, 0.25) is 0 Å². The molecule has 0 aliphatic heterocycles. The third-order valence-electron chi connectivity index (χ3n) is 3.67. The first-order chi connectivity index (χ1) is 8.72. The normalized spacial score (nSPS) is 20.6. The zero-order valence-corrected chi connectivity index (χ0v) is 10.1. The average Bonchev–Trinajstić information content (AvgIpc) is 2.87. The third-order valence-corrected chi connectivity index (χ3v) is 3.67. The van der Waals surface area contributed by atoms with E-state index < -0.39 is 6.10 Å². The van der Waals surface area contributed by atoms with Crippen molar-refractivity contribution in [1.82, 2.24) is 15.0 Å². The topological polar surface area (TPSA) is 87.8 Å². The van der Waals surface area contributed by atoms with Crippen molar-refractivity contribution in [2.45, 2.75) is 31.3 Å². The van der Waals surface area contributed by atoms with Gasteiger partial charge in [-0.15, -0.1) is 6.58 Å². The van der Waals surface area contributed by atoms with Crippen LogP contribution in [0.4, 0.5) is 5.82 Å². The summed E-state index contributed by atoms with van der Waals surface area (Å²) in [7, 11) is 0. The second-order valence-electron chi connectivity index (χ2n) is 4.71. The molecule has 5 nitrogen and oxygen atoms in total. The van der Waals surface area contributed by atoms with E-state index in [1.54, 1.807) is 12.4 Å². The molecule has 0 saturated heterocycles. The minimum atomic E-state index is -0.561. The number of hydrogen-bond donors (Lipinski definition) is 3. The van der Waals surface area contributed by atoms with Crippen LogP contribution in [0, 0.1) is 0 Å². The SMILES string of the molecule is C=CC(O)C1CCCc2nc(N)c3[nH]cnc3c21. The largest absolute Gasteiger partial charge is 0.388 e. The van der Waals surface area contributed by atoms with Crippen LogP contribution in [0.5, 0.6) is 0 Å². The van der Waals surface area contributed by atoms with E-state index in [4.69, 9.17) is 5.73 Å². The molecule has 2 aromatic heterocycles. The standard InChI is InChI=1S/C13H16N4O/c1-2-9(18)7-4-3-5-8-10(7)11-12(13(14)17-8)16-6-15-11/h2,6-7,9,18H,1,3-5H2,(H2,14,17)(H,15,16). The molecule has 4 N–H and O–H groups in total. The molecule has 0 aromatic carbocycles. The molecule has 2 atom stereocenters. The number of nitrogen functional groups attached to an aromatic ring is 1. The Kier molecular flexibility index (Phi) is 2.56. The minimum Gasteiger partial charge on any atom is -0.388 e. The summed E-state index contributed by atoms with van der Waals surface area (Å²) < 4.78 is 0. The highest BCUT2D eigenvalue weighted by Gasteiger charge is 2.29. The summed E-state index contributed by atoms with van der Waals surface area (Å²) in [5.74, 6) is 0.500. The molecule has 3 rings (SSSR count). The lowest BCUT2D eigenvalue weighted by molar-refractivity contribution is 0.180. The summed E-state index contributed by atoms with van der Waals surface area (Å²) in [5, 5.41) is 10.1. The van der Waals surface area contributed by atoms with Crippen LogP contribution in [0.15, 0.2) is 19.0 Å². The number of aliphatic hydroxyl groups excluding tert-OH is 1. The van der Waals surface area contributed by atoms with E-state index in [2.05, 4.69) is 21.5 Å². The number of pyridine rings is 1. The smallest absolute Gasteiger partial charge is 0.149 e. The molecule has 2 aromatic rings. The summed E-state index contributed by atoms with van der Waals surface area (Å²) in [5.41, 5.74) is 9.50. The first-order valence-corrected chi connectivity index (χ1v) is 6.14. The number of aryl methyl sites for hydroxylation is 1. The van der Waals surface area contributed by atoms with Crippen LogP contribution in [0.3, 0.4) is 0 Å². The number of aromatic amines is 1. The van der Waals surface area contributed by atoms with Gasteiger partial charge in [0, 0.05) is 17.2 Å². The summed E-state index contributed by atoms with van der Waals surface area (Å²) in [6, 6.07) is 0. The molecular weight excluding hydrogens is 228 g/mol. The fourth-order valence-corrected chi connectivity index (χ4v) is 2.81. The van der Waals surface area contributed by atoms with Crippen molar-refractivity contribution in [3.05, 3.63) is 30.2 Å². The van der Waals surface area contributed by atoms with Gasteiger partial charge < -0.3 is 15.8 Å². The number of rotatable bonds is 2. The van der Waals surface area contributed by atoms with Crippen LogP contribution in [0.2, 0.25) is 0 Å². The second-order valence-corrected chi connectivity index (χ2v) is 4.71. The lowest BCUT2D eigenvalue weighted by Gasteiger charge is -2.27. The molecule has 1 aliphatic carbocycles. The molecule has 94 valence electrons. The van der Waals surface area contributed by atoms with Gasteiger partial charge in [0.15, 0.2) is 0 Å². The lowest BCUT2D eigenvalue weighted by atomic mass is 9.81. The number of anilines is 1. The first kappa shape index (κ1) is 11.2. The molecule has 5 heteroatoms. The number of aromatic nitrogens is 3. The maximum Gasteiger partial charge on any atom is 0.149 e. The molecule has 0 fully saturated rings. The quantitative estimate of drug-likeness (QED) is 0.699. The number of aliphatic hydroxyl groups is 1. The molecule has 2 heterocycles. The molecule has 0 amide bonds. The van der Waals surface area contributed by atoms with Crippen molar-refractivity contribution in [2.24, 2.45) is 0 Å². The van der Waals surface area contributed by atoms with Gasteiger partial charge >= 0.3 is 0 Å². The van der Waals surface area contributed by atoms with E-state index in [1.807, 2.05) is 0 Å². The van der Waals surface area contributed by atoms with E-state index in [0.717, 1.165) is 41.6 Å². The highest BCUT2D eigenvalue weighted by molar-refractivity contribution is 5.88. The number of fused-ring (bicyclic) bond motifs is 3. The summed E-state index contributed by atoms with van der Waals surface area (Å²) in [4.78, 5) is 11.8. The van der Waals surface area contributed by atoms with Gasteiger partial charge in [0.25, 0.3) is 0 Å². The van der Waals surface area contributed by atoms with Gasteiger partial charge in [-0.25, -0.2) is 9.97 Å². The van der Waals surface area contributed by atoms with Gasteiger partial charge in [-0.3, -0.25) is 0 Å². The Morgan fingerprint density at radius 3 is 3.22 bits per heavy atom. The van der Waals surface area contributed by atoms with Gasteiger partial charge in [-0.2, -0.15) is 0 Å². The molecule has 0 spiro atoms. The number of nitrogens with one attached hydrogen (secondary N) is 1. The number of hydrogen-bond acceptors (Lipinski definition) is 4. The Balaban J connectivity index is 2.26. The van der Waals surface area contributed by atoms with Crippen LogP contribution < -0.4 is 5.73 Å².